The molecule has 27 heavy (non-hydrogen) atoms. The molecule has 1 atom stereocenters. The summed E-state index contributed by atoms with van der Waals surface area (Å²) in [6.07, 6.45) is 16.2. The van der Waals surface area contributed by atoms with E-state index in [0.717, 1.165) is 32.1 Å². The first-order chi connectivity index (χ1) is 12.8. The van der Waals surface area contributed by atoms with Crippen LogP contribution in [0.3, 0.4) is 0 Å². The van der Waals surface area contributed by atoms with Gasteiger partial charge in [-0.1, -0.05) is 57.6 Å². The number of esters is 1. The fourth-order valence-corrected chi connectivity index (χ4v) is 2.85. The molecule has 0 aromatic rings. The Labute approximate surface area is 163 Å². The van der Waals surface area contributed by atoms with Crippen LogP contribution in [0.25, 0.3) is 0 Å². The van der Waals surface area contributed by atoms with Crippen molar-refractivity contribution in [3.05, 3.63) is 12.2 Å². The number of aliphatic hydroxyl groups is 1. The van der Waals surface area contributed by atoms with Gasteiger partial charge in [0.15, 0.2) is 0 Å². The number of hydrogen-bond donors (Lipinski definition) is 3. The lowest BCUT2D eigenvalue weighted by atomic mass is 10.1. The predicted molar refractivity (Wildman–Crippen MR) is 105 cm³/mol. The van der Waals surface area contributed by atoms with Gasteiger partial charge in [0.25, 0.3) is 0 Å². The Morgan fingerprint density at radius 2 is 1.48 bits per heavy atom. The van der Waals surface area contributed by atoms with Crippen molar-refractivity contribution >= 4 is 13.8 Å². The second kappa shape index (κ2) is 17.4. The van der Waals surface area contributed by atoms with Crippen molar-refractivity contribution < 1.29 is 33.5 Å². The van der Waals surface area contributed by atoms with Crippen molar-refractivity contribution in [1.82, 2.24) is 0 Å². The van der Waals surface area contributed by atoms with Crippen LogP contribution in [0.5, 0.6) is 0 Å². The van der Waals surface area contributed by atoms with Gasteiger partial charge in [-0.05, 0) is 32.1 Å². The minimum Gasteiger partial charge on any atom is -0.463 e. The van der Waals surface area contributed by atoms with Gasteiger partial charge in [-0.15, -0.1) is 0 Å². The summed E-state index contributed by atoms with van der Waals surface area (Å²) < 4.78 is 19.4. The SMILES string of the molecule is CCCCCCCCC=CCCCCCC(=O)OC[C@@H](O)COP(=O)(O)O. The molecule has 0 rings (SSSR count). The number of carbonyl (C=O) groups is 1. The maximum atomic E-state index is 11.5. The Morgan fingerprint density at radius 3 is 2.07 bits per heavy atom. The summed E-state index contributed by atoms with van der Waals surface area (Å²) >= 11 is 0. The normalized spacial score (nSPS) is 13.2. The zero-order valence-corrected chi connectivity index (χ0v) is 17.4. The molecular weight excluding hydrogens is 371 g/mol. The number of rotatable bonds is 18. The van der Waals surface area contributed by atoms with E-state index in [-0.39, 0.29) is 13.0 Å². The lowest BCUT2D eigenvalue weighted by Gasteiger charge is -2.12. The molecule has 0 saturated heterocycles. The Kier molecular flexibility index (Phi) is 16.9. The summed E-state index contributed by atoms with van der Waals surface area (Å²) in [7, 11) is -4.62. The number of unbranched alkanes of at least 4 members (excludes halogenated alkanes) is 9. The maximum Gasteiger partial charge on any atom is 0.469 e. The van der Waals surface area contributed by atoms with Crippen LogP contribution in [-0.2, 0) is 18.6 Å². The van der Waals surface area contributed by atoms with Crippen LogP contribution in [-0.4, -0.2) is 40.2 Å². The molecule has 0 radical (unpaired) electrons. The molecule has 3 N–H and O–H groups in total. The molecule has 0 fully saturated rings. The van der Waals surface area contributed by atoms with E-state index in [4.69, 9.17) is 14.5 Å². The quantitative estimate of drug-likeness (QED) is 0.134. The molecule has 0 spiro atoms. The number of hydrogen-bond acceptors (Lipinski definition) is 5. The van der Waals surface area contributed by atoms with Gasteiger partial charge in [0.1, 0.15) is 12.7 Å². The van der Waals surface area contributed by atoms with Gasteiger partial charge >= 0.3 is 13.8 Å². The lowest BCUT2D eigenvalue weighted by molar-refractivity contribution is -0.147. The van der Waals surface area contributed by atoms with Crippen LogP contribution in [0.4, 0.5) is 0 Å². The fraction of sp³-hybridized carbons (Fsp3) is 0.842. The maximum absolute atomic E-state index is 11.5. The van der Waals surface area contributed by atoms with E-state index in [0.29, 0.717) is 0 Å². The zero-order valence-electron chi connectivity index (χ0n) is 16.6. The Morgan fingerprint density at radius 1 is 0.926 bits per heavy atom. The molecule has 8 heteroatoms. The first-order valence-corrected chi connectivity index (χ1v) is 11.6. The van der Waals surface area contributed by atoms with Crippen LogP contribution in [0.1, 0.15) is 84.0 Å². The van der Waals surface area contributed by atoms with E-state index in [2.05, 4.69) is 23.6 Å². The molecule has 0 heterocycles. The van der Waals surface area contributed by atoms with Gasteiger partial charge < -0.3 is 19.6 Å². The number of aliphatic hydroxyl groups excluding tert-OH is 1. The molecular formula is C19H37O7P. The van der Waals surface area contributed by atoms with Gasteiger partial charge in [-0.25, -0.2) is 4.57 Å². The average Bonchev–Trinajstić information content (AvgIpc) is 2.61. The molecule has 160 valence electrons. The summed E-state index contributed by atoms with van der Waals surface area (Å²) in [6, 6.07) is 0. The highest BCUT2D eigenvalue weighted by atomic mass is 31.2. The molecule has 0 aliphatic rings. The monoisotopic (exact) mass is 408 g/mol. The minimum absolute atomic E-state index is 0.271. The molecule has 0 amide bonds. The average molecular weight is 408 g/mol. The van der Waals surface area contributed by atoms with E-state index >= 15 is 0 Å². The van der Waals surface area contributed by atoms with Gasteiger partial charge in [0.05, 0.1) is 6.61 Å². The van der Waals surface area contributed by atoms with E-state index in [1.807, 2.05) is 0 Å². The van der Waals surface area contributed by atoms with Crippen LogP contribution in [0.2, 0.25) is 0 Å². The Balaban J connectivity index is 3.42. The van der Waals surface area contributed by atoms with E-state index in [9.17, 15) is 14.5 Å². The Hall–Kier alpha value is -0.720. The highest BCUT2D eigenvalue weighted by Crippen LogP contribution is 2.35. The largest absolute Gasteiger partial charge is 0.469 e. The molecule has 0 aromatic heterocycles. The van der Waals surface area contributed by atoms with E-state index in [1.165, 1.54) is 38.5 Å². The summed E-state index contributed by atoms with van der Waals surface area (Å²) in [5.74, 6) is -0.427. The number of allylic oxidation sites excluding steroid dienone is 2. The van der Waals surface area contributed by atoms with Gasteiger partial charge in [-0.3, -0.25) is 9.32 Å². The first-order valence-electron chi connectivity index (χ1n) is 10.0. The van der Waals surface area contributed by atoms with E-state index < -0.39 is 26.5 Å². The predicted octanol–water partition coefficient (Wildman–Crippen LogP) is 4.26. The van der Waals surface area contributed by atoms with Crippen molar-refractivity contribution in [2.24, 2.45) is 0 Å². The molecule has 0 unspecified atom stereocenters. The van der Waals surface area contributed by atoms with Crippen molar-refractivity contribution in [1.29, 1.82) is 0 Å². The number of phosphoric ester groups is 1. The third-order valence-corrected chi connectivity index (χ3v) is 4.50. The standard InChI is InChI=1S/C19H37O7P/c1-2-3-4-5-6-7-8-9-10-11-12-13-14-15-19(21)25-16-18(20)17-26-27(22,23)24/h9-10,18,20H,2-8,11-17H2,1H3,(H2,22,23,24)/t18-/m1/s1. The third kappa shape index (κ3) is 21.4. The lowest BCUT2D eigenvalue weighted by Crippen LogP contribution is -2.23. The molecule has 0 aliphatic heterocycles. The number of phosphoric acid groups is 1. The molecule has 0 bridgehead atoms. The van der Waals surface area contributed by atoms with Crippen LogP contribution >= 0.6 is 7.82 Å². The minimum atomic E-state index is -4.62. The molecule has 0 aromatic carbocycles. The van der Waals surface area contributed by atoms with Crippen LogP contribution < -0.4 is 0 Å². The van der Waals surface area contributed by atoms with E-state index in [1.54, 1.807) is 0 Å². The topological polar surface area (TPSA) is 113 Å². The second-order valence-electron chi connectivity index (χ2n) is 6.75. The molecule has 7 nitrogen and oxygen atoms in total. The van der Waals surface area contributed by atoms with Crippen molar-refractivity contribution in [3.63, 3.8) is 0 Å². The smallest absolute Gasteiger partial charge is 0.463 e. The molecule has 0 aliphatic carbocycles. The van der Waals surface area contributed by atoms with Crippen LogP contribution in [0.15, 0.2) is 12.2 Å². The van der Waals surface area contributed by atoms with Crippen molar-refractivity contribution in [2.45, 2.75) is 90.1 Å². The summed E-state index contributed by atoms with van der Waals surface area (Å²) in [5.41, 5.74) is 0. The summed E-state index contributed by atoms with van der Waals surface area (Å²) in [5, 5.41) is 9.39. The zero-order chi connectivity index (χ0) is 20.4. The van der Waals surface area contributed by atoms with Gasteiger partial charge in [0, 0.05) is 6.42 Å². The van der Waals surface area contributed by atoms with Gasteiger partial charge in [-0.2, -0.15) is 0 Å². The summed E-state index contributed by atoms with van der Waals surface area (Å²) in [6.45, 7) is 1.31. The van der Waals surface area contributed by atoms with Crippen LogP contribution in [0, 0.1) is 0 Å². The first kappa shape index (κ1) is 26.3. The van der Waals surface area contributed by atoms with Gasteiger partial charge in [0.2, 0.25) is 0 Å². The highest BCUT2D eigenvalue weighted by molar-refractivity contribution is 7.46. The highest BCUT2D eigenvalue weighted by Gasteiger charge is 2.17. The molecule has 0 saturated carbocycles. The third-order valence-electron chi connectivity index (χ3n) is 4.01. The Bertz CT molecular complexity index is 434. The van der Waals surface area contributed by atoms with Crippen molar-refractivity contribution in [2.75, 3.05) is 13.2 Å². The number of ether oxygens (including phenoxy) is 1. The summed E-state index contributed by atoms with van der Waals surface area (Å²) in [4.78, 5) is 28.5. The van der Waals surface area contributed by atoms with Crippen molar-refractivity contribution in [3.8, 4) is 0 Å². The fourth-order valence-electron chi connectivity index (χ4n) is 2.48. The second-order valence-corrected chi connectivity index (χ2v) is 7.99. The number of carbonyl (C=O) groups excluding carboxylic acids is 1.